The first-order chi connectivity index (χ1) is 7.48. The molecule has 0 aliphatic carbocycles. The smallest absolute Gasteiger partial charge is 0.377 e. The lowest BCUT2D eigenvalue weighted by atomic mass is 10.1. The fourth-order valence-electron chi connectivity index (χ4n) is 1.07. The third kappa shape index (κ3) is 3.30. The highest BCUT2D eigenvalue weighted by Crippen LogP contribution is 2.13. The number of nitrogens with zero attached hydrogens (tertiary/aromatic N) is 3. The molecule has 0 spiro atoms. The summed E-state index contributed by atoms with van der Waals surface area (Å²) in [5.74, 6) is -0.442. The second kappa shape index (κ2) is 5.07. The van der Waals surface area contributed by atoms with Crippen molar-refractivity contribution in [3.63, 3.8) is 0 Å². The average Bonchev–Trinajstić information content (AvgIpc) is 2.74. The van der Waals surface area contributed by atoms with Gasteiger partial charge in [-0.3, -0.25) is 4.68 Å². The van der Waals surface area contributed by atoms with E-state index in [-0.39, 0.29) is 11.4 Å². The Bertz CT molecular complexity index is 360. The standard InChI is InChI=1S/C10H17N3O3/c1-10(2,16-4)5-6-13-7-11-8(12-13)9(14)15-3/h7H,5-6H2,1-4H3. The van der Waals surface area contributed by atoms with Crippen LogP contribution in [0.15, 0.2) is 6.33 Å². The van der Waals surface area contributed by atoms with Crippen molar-refractivity contribution in [1.82, 2.24) is 14.8 Å². The lowest BCUT2D eigenvalue weighted by Crippen LogP contribution is -2.24. The van der Waals surface area contributed by atoms with Crippen molar-refractivity contribution in [3.05, 3.63) is 12.2 Å². The Kier molecular flexibility index (Phi) is 4.00. The number of aryl methyl sites for hydroxylation is 1. The van der Waals surface area contributed by atoms with Crippen LogP contribution in [0.3, 0.4) is 0 Å². The van der Waals surface area contributed by atoms with Crippen LogP contribution in [0.4, 0.5) is 0 Å². The molecule has 0 amide bonds. The highest BCUT2D eigenvalue weighted by Gasteiger charge is 2.17. The molecule has 1 aromatic heterocycles. The van der Waals surface area contributed by atoms with E-state index in [1.807, 2.05) is 13.8 Å². The Balaban J connectivity index is 2.56. The summed E-state index contributed by atoms with van der Waals surface area (Å²) in [5, 5.41) is 3.99. The van der Waals surface area contributed by atoms with Gasteiger partial charge in [0.05, 0.1) is 12.7 Å². The van der Waals surface area contributed by atoms with E-state index in [4.69, 9.17) is 4.74 Å². The first kappa shape index (κ1) is 12.6. The van der Waals surface area contributed by atoms with Gasteiger partial charge in [-0.15, -0.1) is 5.10 Å². The van der Waals surface area contributed by atoms with Gasteiger partial charge >= 0.3 is 5.97 Å². The van der Waals surface area contributed by atoms with Gasteiger partial charge in [-0.25, -0.2) is 9.78 Å². The minimum Gasteiger partial charge on any atom is -0.463 e. The topological polar surface area (TPSA) is 66.2 Å². The van der Waals surface area contributed by atoms with E-state index in [1.54, 1.807) is 11.8 Å². The zero-order valence-electron chi connectivity index (χ0n) is 10.1. The van der Waals surface area contributed by atoms with E-state index in [0.29, 0.717) is 6.54 Å². The number of carbonyl (C=O) groups is 1. The second-order valence-electron chi connectivity index (χ2n) is 4.04. The number of hydrogen-bond acceptors (Lipinski definition) is 5. The van der Waals surface area contributed by atoms with Gasteiger partial charge in [0.1, 0.15) is 6.33 Å². The molecule has 0 unspecified atom stereocenters. The third-order valence-electron chi connectivity index (χ3n) is 2.40. The Morgan fingerprint density at radius 1 is 1.50 bits per heavy atom. The molecule has 0 bridgehead atoms. The Hall–Kier alpha value is -1.43. The van der Waals surface area contributed by atoms with Crippen molar-refractivity contribution in [2.75, 3.05) is 14.2 Å². The van der Waals surface area contributed by atoms with Gasteiger partial charge in [-0.1, -0.05) is 0 Å². The minimum atomic E-state index is -0.523. The van der Waals surface area contributed by atoms with Crippen molar-refractivity contribution in [2.45, 2.75) is 32.4 Å². The van der Waals surface area contributed by atoms with E-state index < -0.39 is 5.97 Å². The minimum absolute atomic E-state index is 0.0812. The van der Waals surface area contributed by atoms with Crippen molar-refractivity contribution >= 4 is 5.97 Å². The van der Waals surface area contributed by atoms with Crippen LogP contribution in [0.5, 0.6) is 0 Å². The van der Waals surface area contributed by atoms with E-state index in [2.05, 4.69) is 14.8 Å². The van der Waals surface area contributed by atoms with Crippen LogP contribution in [-0.4, -0.2) is 40.6 Å². The summed E-state index contributed by atoms with van der Waals surface area (Å²) in [4.78, 5) is 14.9. The van der Waals surface area contributed by atoms with Crippen molar-refractivity contribution in [2.24, 2.45) is 0 Å². The van der Waals surface area contributed by atoms with Gasteiger partial charge < -0.3 is 9.47 Å². The van der Waals surface area contributed by atoms with Gasteiger partial charge in [-0.2, -0.15) is 0 Å². The second-order valence-corrected chi connectivity index (χ2v) is 4.04. The summed E-state index contributed by atoms with van der Waals surface area (Å²) >= 11 is 0. The lowest BCUT2D eigenvalue weighted by Gasteiger charge is -2.22. The SMILES string of the molecule is COC(=O)c1ncn(CCC(C)(C)OC)n1. The van der Waals surface area contributed by atoms with E-state index in [1.165, 1.54) is 13.4 Å². The molecular formula is C10H17N3O3. The molecule has 0 saturated heterocycles. The van der Waals surface area contributed by atoms with Crippen LogP contribution in [0.1, 0.15) is 30.9 Å². The van der Waals surface area contributed by atoms with Crippen LogP contribution in [0.2, 0.25) is 0 Å². The first-order valence-corrected chi connectivity index (χ1v) is 5.01. The van der Waals surface area contributed by atoms with Crippen LogP contribution in [-0.2, 0) is 16.0 Å². The molecule has 0 fully saturated rings. The average molecular weight is 227 g/mol. The summed E-state index contributed by atoms with van der Waals surface area (Å²) in [6, 6.07) is 0. The number of esters is 1. The summed E-state index contributed by atoms with van der Waals surface area (Å²) in [5.41, 5.74) is -0.211. The highest BCUT2D eigenvalue weighted by molar-refractivity contribution is 5.84. The molecule has 0 atom stereocenters. The fourth-order valence-corrected chi connectivity index (χ4v) is 1.07. The molecule has 0 aliphatic rings. The first-order valence-electron chi connectivity index (χ1n) is 5.01. The molecule has 1 rings (SSSR count). The predicted molar refractivity (Wildman–Crippen MR) is 57.1 cm³/mol. The van der Waals surface area contributed by atoms with Crippen LogP contribution < -0.4 is 0 Å². The molecule has 16 heavy (non-hydrogen) atoms. The molecule has 1 aromatic rings. The van der Waals surface area contributed by atoms with Crippen LogP contribution >= 0.6 is 0 Å². The summed E-state index contributed by atoms with van der Waals surface area (Å²) in [7, 11) is 2.97. The van der Waals surface area contributed by atoms with Crippen molar-refractivity contribution in [3.8, 4) is 0 Å². The molecule has 0 aromatic carbocycles. The number of aromatic nitrogens is 3. The summed E-state index contributed by atoms with van der Waals surface area (Å²) in [6.45, 7) is 4.63. The van der Waals surface area contributed by atoms with Gasteiger partial charge in [0, 0.05) is 13.7 Å². The van der Waals surface area contributed by atoms with Gasteiger partial charge in [0.2, 0.25) is 0 Å². The number of ether oxygens (including phenoxy) is 2. The zero-order chi connectivity index (χ0) is 12.2. The molecule has 0 N–H and O–H groups in total. The van der Waals surface area contributed by atoms with E-state index >= 15 is 0 Å². The maximum atomic E-state index is 11.1. The molecule has 6 heteroatoms. The van der Waals surface area contributed by atoms with Crippen molar-refractivity contribution in [1.29, 1.82) is 0 Å². The number of methoxy groups -OCH3 is 2. The third-order valence-corrected chi connectivity index (χ3v) is 2.40. The molecule has 1 heterocycles. The fraction of sp³-hybridized carbons (Fsp3) is 0.700. The highest BCUT2D eigenvalue weighted by atomic mass is 16.5. The maximum Gasteiger partial charge on any atom is 0.377 e. The number of carbonyl (C=O) groups excluding carboxylic acids is 1. The Labute approximate surface area is 94.6 Å². The normalized spacial score (nSPS) is 11.5. The molecule has 0 aliphatic heterocycles. The Morgan fingerprint density at radius 2 is 2.19 bits per heavy atom. The van der Waals surface area contributed by atoms with Crippen LogP contribution in [0.25, 0.3) is 0 Å². The Morgan fingerprint density at radius 3 is 2.75 bits per heavy atom. The van der Waals surface area contributed by atoms with Gasteiger partial charge in [0.25, 0.3) is 5.82 Å². The predicted octanol–water partition coefficient (Wildman–Crippen LogP) is 0.880. The molecule has 0 saturated carbocycles. The molecule has 90 valence electrons. The van der Waals surface area contributed by atoms with E-state index in [9.17, 15) is 4.79 Å². The van der Waals surface area contributed by atoms with Crippen LogP contribution in [0, 0.1) is 0 Å². The maximum absolute atomic E-state index is 11.1. The van der Waals surface area contributed by atoms with Gasteiger partial charge in [0.15, 0.2) is 0 Å². The van der Waals surface area contributed by atoms with Crippen molar-refractivity contribution < 1.29 is 14.3 Å². The zero-order valence-corrected chi connectivity index (χ0v) is 10.1. The summed E-state index contributed by atoms with van der Waals surface area (Å²) in [6.07, 6.45) is 2.30. The molecule has 6 nitrogen and oxygen atoms in total. The van der Waals surface area contributed by atoms with Gasteiger partial charge in [-0.05, 0) is 20.3 Å². The van der Waals surface area contributed by atoms with E-state index in [0.717, 1.165) is 6.42 Å². The molecule has 0 radical (unpaired) electrons. The number of hydrogen-bond donors (Lipinski definition) is 0. The number of rotatable bonds is 5. The largest absolute Gasteiger partial charge is 0.463 e. The lowest BCUT2D eigenvalue weighted by molar-refractivity contribution is 0.0113. The summed E-state index contributed by atoms with van der Waals surface area (Å²) < 4.78 is 11.4. The monoisotopic (exact) mass is 227 g/mol. The molecular weight excluding hydrogens is 210 g/mol. The quantitative estimate of drug-likeness (QED) is 0.698.